The van der Waals surface area contributed by atoms with E-state index in [2.05, 4.69) is 21.0 Å². The van der Waals surface area contributed by atoms with Crippen molar-refractivity contribution in [3.63, 3.8) is 0 Å². The molecule has 0 bridgehead atoms. The second-order valence-electron chi connectivity index (χ2n) is 3.80. The first-order chi connectivity index (χ1) is 8.47. The fourth-order valence-electron chi connectivity index (χ4n) is 1.54. The number of aryl methyl sites for hydroxylation is 2. The maximum absolute atomic E-state index is 10.9. The van der Waals surface area contributed by atoms with Gasteiger partial charge in [0.2, 0.25) is 0 Å². The fourth-order valence-corrected chi connectivity index (χ4v) is 3.19. The number of nitrogens with zero attached hydrogens (tertiary/aromatic N) is 2. The van der Waals surface area contributed by atoms with E-state index in [0.29, 0.717) is 4.47 Å². The van der Waals surface area contributed by atoms with Gasteiger partial charge in [-0.15, -0.1) is 0 Å². The van der Waals surface area contributed by atoms with Crippen LogP contribution in [-0.4, -0.2) is 20.9 Å². The molecule has 0 spiro atoms. The predicted molar refractivity (Wildman–Crippen MR) is 73.2 cm³/mol. The first-order valence-corrected chi connectivity index (χ1v) is 6.79. The van der Waals surface area contributed by atoms with Crippen LogP contribution < -0.4 is 0 Å². The van der Waals surface area contributed by atoms with Crippen molar-refractivity contribution in [3.8, 4) is 0 Å². The Morgan fingerprint density at radius 1 is 1.44 bits per heavy atom. The Hall–Kier alpha value is -1.27. The predicted octanol–water partition coefficient (Wildman–Crippen LogP) is 3.34. The minimum Gasteiger partial charge on any atom is -0.478 e. The first kappa shape index (κ1) is 13.2. The van der Waals surface area contributed by atoms with Crippen molar-refractivity contribution in [2.24, 2.45) is 7.05 Å². The van der Waals surface area contributed by atoms with Gasteiger partial charge in [-0.25, -0.2) is 4.79 Å². The van der Waals surface area contributed by atoms with Crippen molar-refractivity contribution < 1.29 is 9.90 Å². The zero-order chi connectivity index (χ0) is 13.3. The molecule has 1 heterocycles. The maximum atomic E-state index is 10.9. The molecule has 2 rings (SSSR count). The summed E-state index contributed by atoms with van der Waals surface area (Å²) in [5.74, 6) is -0.935. The highest BCUT2D eigenvalue weighted by atomic mass is 79.9. The number of carboxylic acid groups (broad SMARTS) is 1. The normalized spacial score (nSPS) is 10.6. The van der Waals surface area contributed by atoms with Crippen LogP contribution >= 0.6 is 27.7 Å². The summed E-state index contributed by atoms with van der Waals surface area (Å²) in [7, 11) is 1.88. The second-order valence-corrected chi connectivity index (χ2v) is 5.74. The molecular weight excluding hydrogens is 316 g/mol. The van der Waals surface area contributed by atoms with Crippen LogP contribution in [0.15, 0.2) is 38.7 Å². The molecule has 0 saturated carbocycles. The lowest BCUT2D eigenvalue weighted by Crippen LogP contribution is -1.97. The quantitative estimate of drug-likeness (QED) is 0.939. The topological polar surface area (TPSA) is 55.1 Å². The van der Waals surface area contributed by atoms with Gasteiger partial charge in [0, 0.05) is 16.4 Å². The van der Waals surface area contributed by atoms with Crippen LogP contribution in [0.25, 0.3) is 0 Å². The summed E-state index contributed by atoms with van der Waals surface area (Å²) < 4.78 is 2.39. The molecule has 1 aromatic heterocycles. The molecule has 1 aromatic carbocycles. The van der Waals surface area contributed by atoms with Crippen molar-refractivity contribution in [1.82, 2.24) is 9.78 Å². The van der Waals surface area contributed by atoms with E-state index in [0.717, 1.165) is 15.6 Å². The van der Waals surface area contributed by atoms with Gasteiger partial charge in [0.1, 0.15) is 0 Å². The van der Waals surface area contributed by atoms with Crippen LogP contribution in [0.2, 0.25) is 0 Å². The highest BCUT2D eigenvalue weighted by molar-refractivity contribution is 9.10. The van der Waals surface area contributed by atoms with Crippen LogP contribution in [0.1, 0.15) is 16.1 Å². The SMILES string of the molecule is Cc1cc(Sc2ccc(C(=O)O)c(Br)c2)n(C)n1. The summed E-state index contributed by atoms with van der Waals surface area (Å²) >= 11 is 4.82. The Bertz CT molecular complexity index is 610. The number of aromatic carboxylic acids is 1. The molecule has 1 N–H and O–H groups in total. The average Bonchev–Trinajstić information content (AvgIpc) is 2.57. The number of carbonyl (C=O) groups is 1. The molecule has 0 aliphatic rings. The number of aromatic nitrogens is 2. The number of carboxylic acids is 1. The van der Waals surface area contributed by atoms with E-state index in [-0.39, 0.29) is 5.56 Å². The van der Waals surface area contributed by atoms with Gasteiger partial charge in [0.15, 0.2) is 0 Å². The van der Waals surface area contributed by atoms with Gasteiger partial charge in [-0.05, 0) is 47.1 Å². The van der Waals surface area contributed by atoms with Crippen LogP contribution in [-0.2, 0) is 7.05 Å². The highest BCUT2D eigenvalue weighted by Gasteiger charge is 2.10. The monoisotopic (exact) mass is 326 g/mol. The highest BCUT2D eigenvalue weighted by Crippen LogP contribution is 2.31. The van der Waals surface area contributed by atoms with Gasteiger partial charge in [0.05, 0.1) is 16.3 Å². The van der Waals surface area contributed by atoms with E-state index < -0.39 is 5.97 Å². The summed E-state index contributed by atoms with van der Waals surface area (Å²) in [4.78, 5) is 11.9. The molecule has 0 fully saturated rings. The Morgan fingerprint density at radius 2 is 2.17 bits per heavy atom. The summed E-state index contributed by atoms with van der Waals surface area (Å²) in [6.07, 6.45) is 0. The fraction of sp³-hybridized carbons (Fsp3) is 0.167. The van der Waals surface area contributed by atoms with Crippen LogP contribution in [0.4, 0.5) is 0 Å². The van der Waals surface area contributed by atoms with Gasteiger partial charge >= 0.3 is 5.97 Å². The minimum atomic E-state index is -0.935. The third kappa shape index (κ3) is 2.76. The zero-order valence-electron chi connectivity index (χ0n) is 9.85. The lowest BCUT2D eigenvalue weighted by Gasteiger charge is -2.04. The van der Waals surface area contributed by atoms with Crippen molar-refractivity contribution in [1.29, 1.82) is 0 Å². The largest absolute Gasteiger partial charge is 0.478 e. The van der Waals surface area contributed by atoms with E-state index >= 15 is 0 Å². The van der Waals surface area contributed by atoms with Crippen LogP contribution in [0.5, 0.6) is 0 Å². The van der Waals surface area contributed by atoms with Gasteiger partial charge in [0.25, 0.3) is 0 Å². The number of rotatable bonds is 3. The van der Waals surface area contributed by atoms with E-state index in [1.165, 1.54) is 0 Å². The molecule has 0 aliphatic heterocycles. The Morgan fingerprint density at radius 3 is 2.67 bits per heavy atom. The Labute approximate surface area is 117 Å². The van der Waals surface area contributed by atoms with Crippen LogP contribution in [0, 0.1) is 6.92 Å². The molecular formula is C12H11BrN2O2S. The third-order valence-corrected chi connectivity index (χ3v) is 4.09. The van der Waals surface area contributed by atoms with E-state index in [1.807, 2.05) is 20.0 Å². The van der Waals surface area contributed by atoms with E-state index in [9.17, 15) is 4.79 Å². The molecule has 0 radical (unpaired) electrons. The van der Waals surface area contributed by atoms with Crippen molar-refractivity contribution >= 4 is 33.7 Å². The van der Waals surface area contributed by atoms with Crippen molar-refractivity contribution in [2.75, 3.05) is 0 Å². The van der Waals surface area contributed by atoms with E-state index in [1.54, 1.807) is 34.6 Å². The number of hydrogen-bond donors (Lipinski definition) is 1. The van der Waals surface area contributed by atoms with Gasteiger partial charge in [-0.2, -0.15) is 5.10 Å². The van der Waals surface area contributed by atoms with Gasteiger partial charge in [-0.1, -0.05) is 11.8 Å². The maximum Gasteiger partial charge on any atom is 0.336 e. The molecule has 0 aliphatic carbocycles. The molecule has 94 valence electrons. The second kappa shape index (κ2) is 5.16. The lowest BCUT2D eigenvalue weighted by atomic mass is 10.2. The molecule has 18 heavy (non-hydrogen) atoms. The van der Waals surface area contributed by atoms with Crippen LogP contribution in [0.3, 0.4) is 0 Å². The number of benzene rings is 1. The number of halogens is 1. The number of hydrogen-bond acceptors (Lipinski definition) is 3. The van der Waals surface area contributed by atoms with Gasteiger partial charge < -0.3 is 5.11 Å². The summed E-state index contributed by atoms with van der Waals surface area (Å²) in [6.45, 7) is 1.94. The molecule has 2 aromatic rings. The molecule has 6 heteroatoms. The van der Waals surface area contributed by atoms with Crippen molar-refractivity contribution in [2.45, 2.75) is 16.8 Å². The molecule has 0 atom stereocenters. The standard InChI is InChI=1S/C12H11BrN2O2S/c1-7-5-11(15(2)14-7)18-8-3-4-9(12(16)17)10(13)6-8/h3-6H,1-2H3,(H,16,17). The molecule has 0 amide bonds. The first-order valence-electron chi connectivity index (χ1n) is 5.18. The Balaban J connectivity index is 2.28. The summed E-state index contributed by atoms with van der Waals surface area (Å²) in [5, 5.41) is 14.2. The Kier molecular flexibility index (Phi) is 3.77. The van der Waals surface area contributed by atoms with Gasteiger partial charge in [-0.3, -0.25) is 4.68 Å². The average molecular weight is 327 g/mol. The molecule has 0 saturated heterocycles. The smallest absolute Gasteiger partial charge is 0.336 e. The van der Waals surface area contributed by atoms with Crippen molar-refractivity contribution in [3.05, 3.63) is 40.0 Å². The summed E-state index contributed by atoms with van der Waals surface area (Å²) in [5.41, 5.74) is 1.22. The summed E-state index contributed by atoms with van der Waals surface area (Å²) in [6, 6.07) is 7.18. The van der Waals surface area contributed by atoms with E-state index in [4.69, 9.17) is 5.11 Å². The third-order valence-electron chi connectivity index (χ3n) is 2.35. The molecule has 0 unspecified atom stereocenters. The minimum absolute atomic E-state index is 0.264. The lowest BCUT2D eigenvalue weighted by molar-refractivity contribution is 0.0696. The zero-order valence-corrected chi connectivity index (χ0v) is 12.2. The molecule has 4 nitrogen and oxygen atoms in total.